The maximum atomic E-state index is 12.3. The zero-order valence-electron chi connectivity index (χ0n) is 13.2. The van der Waals surface area contributed by atoms with Gasteiger partial charge in [-0.15, -0.1) is 11.3 Å². The van der Waals surface area contributed by atoms with Crippen LogP contribution in [0.1, 0.15) is 16.5 Å². The molecule has 0 unspecified atom stereocenters. The van der Waals surface area contributed by atoms with Gasteiger partial charge in [-0.05, 0) is 26.0 Å². The number of nitrogens with one attached hydrogen (secondary N) is 1. The van der Waals surface area contributed by atoms with Gasteiger partial charge in [0, 0.05) is 36.3 Å². The minimum atomic E-state index is -3.63. The van der Waals surface area contributed by atoms with E-state index in [0.717, 1.165) is 16.3 Å². The molecule has 3 aromatic rings. The molecule has 0 radical (unpaired) electrons. The fraction of sp³-hybridized carbons (Fsp3) is 0.267. The highest BCUT2D eigenvalue weighted by Gasteiger charge is 2.23. The van der Waals surface area contributed by atoms with Crippen molar-refractivity contribution in [1.29, 1.82) is 0 Å². The fourth-order valence-electron chi connectivity index (χ4n) is 2.30. The minimum absolute atomic E-state index is 0.110. The second-order valence-corrected chi connectivity index (χ2v) is 7.81. The van der Waals surface area contributed by atoms with E-state index in [0.29, 0.717) is 12.1 Å². The third-order valence-electron chi connectivity index (χ3n) is 3.40. The van der Waals surface area contributed by atoms with Crippen molar-refractivity contribution < 1.29 is 12.9 Å². The van der Waals surface area contributed by atoms with Crippen molar-refractivity contribution in [3.05, 3.63) is 46.4 Å². The normalized spacial score (nSPS) is 11.8. The molecule has 3 rings (SSSR count). The summed E-state index contributed by atoms with van der Waals surface area (Å²) >= 11 is 1.50. The van der Waals surface area contributed by atoms with Crippen molar-refractivity contribution in [2.45, 2.75) is 25.2 Å². The molecule has 0 amide bonds. The molecular formula is C15H16N4O3S2. The number of aromatic nitrogens is 3. The van der Waals surface area contributed by atoms with Crippen molar-refractivity contribution in [3.8, 4) is 11.3 Å². The number of pyridine rings is 1. The molecule has 0 atom stereocenters. The fourth-order valence-corrected chi connectivity index (χ4v) is 4.47. The van der Waals surface area contributed by atoms with E-state index in [4.69, 9.17) is 4.52 Å². The highest BCUT2D eigenvalue weighted by molar-refractivity contribution is 7.89. The lowest BCUT2D eigenvalue weighted by molar-refractivity contribution is 0.390. The molecule has 126 valence electrons. The molecule has 3 heterocycles. The van der Waals surface area contributed by atoms with Crippen LogP contribution < -0.4 is 4.72 Å². The Labute approximate surface area is 143 Å². The summed E-state index contributed by atoms with van der Waals surface area (Å²) in [6.07, 6.45) is 3.94. The maximum absolute atomic E-state index is 12.3. The van der Waals surface area contributed by atoms with Crippen LogP contribution in [-0.2, 0) is 16.4 Å². The van der Waals surface area contributed by atoms with Crippen LogP contribution in [0.2, 0.25) is 0 Å². The smallest absolute Gasteiger partial charge is 0.245 e. The Kier molecular flexibility index (Phi) is 4.74. The van der Waals surface area contributed by atoms with Gasteiger partial charge in [-0.25, -0.2) is 18.1 Å². The Morgan fingerprint density at radius 3 is 2.67 bits per heavy atom. The van der Waals surface area contributed by atoms with Gasteiger partial charge in [0.1, 0.15) is 10.6 Å². The second-order valence-electron chi connectivity index (χ2n) is 5.16. The van der Waals surface area contributed by atoms with Crippen molar-refractivity contribution in [3.63, 3.8) is 0 Å². The Morgan fingerprint density at radius 1 is 1.25 bits per heavy atom. The molecule has 0 fully saturated rings. The first-order valence-electron chi connectivity index (χ1n) is 7.25. The van der Waals surface area contributed by atoms with Crippen molar-refractivity contribution >= 4 is 21.4 Å². The summed E-state index contributed by atoms with van der Waals surface area (Å²) in [5.74, 6) is 0.286. The highest BCUT2D eigenvalue weighted by Crippen LogP contribution is 2.22. The molecule has 1 N–H and O–H groups in total. The van der Waals surface area contributed by atoms with E-state index in [1.165, 1.54) is 11.3 Å². The minimum Gasteiger partial charge on any atom is -0.360 e. The van der Waals surface area contributed by atoms with E-state index in [-0.39, 0.29) is 17.2 Å². The largest absolute Gasteiger partial charge is 0.360 e. The Bertz CT molecular complexity index is 913. The quantitative estimate of drug-likeness (QED) is 0.721. The summed E-state index contributed by atoms with van der Waals surface area (Å²) < 4.78 is 32.1. The predicted molar refractivity (Wildman–Crippen MR) is 90.2 cm³/mol. The monoisotopic (exact) mass is 364 g/mol. The second kappa shape index (κ2) is 6.80. The van der Waals surface area contributed by atoms with Gasteiger partial charge in [-0.1, -0.05) is 5.16 Å². The average Bonchev–Trinajstić information content (AvgIpc) is 3.15. The Balaban J connectivity index is 1.64. The van der Waals surface area contributed by atoms with Gasteiger partial charge in [-0.3, -0.25) is 4.98 Å². The lowest BCUT2D eigenvalue weighted by Gasteiger charge is -2.04. The van der Waals surface area contributed by atoms with E-state index in [1.807, 2.05) is 17.5 Å². The number of hydrogen-bond acceptors (Lipinski definition) is 7. The Hall–Kier alpha value is -2.10. The molecule has 7 nitrogen and oxygen atoms in total. The summed E-state index contributed by atoms with van der Waals surface area (Å²) in [6, 6.07) is 3.78. The molecule has 0 bridgehead atoms. The summed E-state index contributed by atoms with van der Waals surface area (Å²) in [6.45, 7) is 3.44. The number of thiazole rings is 1. The molecule has 0 aliphatic carbocycles. The van der Waals surface area contributed by atoms with Crippen molar-refractivity contribution in [2.75, 3.05) is 6.54 Å². The van der Waals surface area contributed by atoms with E-state index in [9.17, 15) is 8.42 Å². The standard InChI is InChI=1S/C15H16N4O3S2/c1-10-15(11(2)22-19-10)24(20,21)17-8-5-14-18-13(9-23-14)12-3-6-16-7-4-12/h3-4,6-7,9,17H,5,8H2,1-2H3. The molecule has 24 heavy (non-hydrogen) atoms. The molecule has 0 aromatic carbocycles. The van der Waals surface area contributed by atoms with Crippen molar-refractivity contribution in [1.82, 2.24) is 19.8 Å². The third kappa shape index (κ3) is 3.53. The lowest BCUT2D eigenvalue weighted by atomic mass is 10.2. The van der Waals surface area contributed by atoms with Gasteiger partial charge in [0.05, 0.1) is 10.7 Å². The van der Waals surface area contributed by atoms with E-state index in [1.54, 1.807) is 26.2 Å². The number of rotatable bonds is 6. The SMILES string of the molecule is Cc1noc(C)c1S(=O)(=O)NCCc1nc(-c2ccncc2)cs1. The zero-order valence-corrected chi connectivity index (χ0v) is 14.8. The van der Waals surface area contributed by atoms with E-state index in [2.05, 4.69) is 19.8 Å². The lowest BCUT2D eigenvalue weighted by Crippen LogP contribution is -2.26. The van der Waals surface area contributed by atoms with Gasteiger partial charge < -0.3 is 4.52 Å². The first-order valence-corrected chi connectivity index (χ1v) is 9.61. The summed E-state index contributed by atoms with van der Waals surface area (Å²) in [4.78, 5) is 8.61. The predicted octanol–water partition coefficient (Wildman–Crippen LogP) is 2.33. The van der Waals surface area contributed by atoms with E-state index < -0.39 is 10.0 Å². The van der Waals surface area contributed by atoms with Crippen LogP contribution >= 0.6 is 11.3 Å². The average molecular weight is 364 g/mol. The van der Waals surface area contributed by atoms with Crippen LogP contribution in [0.15, 0.2) is 39.3 Å². The molecule has 0 spiro atoms. The molecule has 0 aliphatic rings. The number of sulfonamides is 1. The summed E-state index contributed by atoms with van der Waals surface area (Å²) in [5, 5.41) is 6.49. The van der Waals surface area contributed by atoms with Gasteiger partial charge in [-0.2, -0.15) is 0 Å². The number of nitrogens with zero attached hydrogens (tertiary/aromatic N) is 3. The van der Waals surface area contributed by atoms with Crippen LogP contribution in [0.5, 0.6) is 0 Å². The number of hydrogen-bond donors (Lipinski definition) is 1. The zero-order chi connectivity index (χ0) is 17.2. The number of aryl methyl sites for hydroxylation is 2. The van der Waals surface area contributed by atoms with Gasteiger partial charge in [0.2, 0.25) is 10.0 Å². The highest BCUT2D eigenvalue weighted by atomic mass is 32.2. The molecule has 0 saturated carbocycles. The Morgan fingerprint density at radius 2 is 2.00 bits per heavy atom. The molecule has 0 aliphatic heterocycles. The van der Waals surface area contributed by atoms with Crippen LogP contribution in [0.25, 0.3) is 11.3 Å². The van der Waals surface area contributed by atoms with Crippen LogP contribution in [0.3, 0.4) is 0 Å². The van der Waals surface area contributed by atoms with Crippen LogP contribution in [0.4, 0.5) is 0 Å². The molecule has 0 saturated heterocycles. The topological polar surface area (TPSA) is 98.0 Å². The molecular weight excluding hydrogens is 348 g/mol. The van der Waals surface area contributed by atoms with Crippen LogP contribution in [-0.4, -0.2) is 30.1 Å². The van der Waals surface area contributed by atoms with E-state index >= 15 is 0 Å². The maximum Gasteiger partial charge on any atom is 0.245 e. The molecule has 9 heteroatoms. The summed E-state index contributed by atoms with van der Waals surface area (Å²) in [7, 11) is -3.63. The third-order valence-corrected chi connectivity index (χ3v) is 6.01. The van der Waals surface area contributed by atoms with Crippen molar-refractivity contribution in [2.24, 2.45) is 0 Å². The summed E-state index contributed by atoms with van der Waals surface area (Å²) in [5.41, 5.74) is 2.21. The van der Waals surface area contributed by atoms with Gasteiger partial charge in [0.15, 0.2) is 5.76 Å². The first-order chi connectivity index (χ1) is 11.5. The van der Waals surface area contributed by atoms with Gasteiger partial charge >= 0.3 is 0 Å². The van der Waals surface area contributed by atoms with Gasteiger partial charge in [0.25, 0.3) is 0 Å². The van der Waals surface area contributed by atoms with Crippen LogP contribution in [0, 0.1) is 13.8 Å². The first kappa shape index (κ1) is 16.7. The molecule has 3 aromatic heterocycles.